The molecule has 1 aromatic carbocycles. The zero-order valence-electron chi connectivity index (χ0n) is 11.4. The summed E-state index contributed by atoms with van der Waals surface area (Å²) in [4.78, 5) is 0. The molecule has 0 atom stereocenters. The average Bonchev–Trinajstić information content (AvgIpc) is 2.42. The van der Waals surface area contributed by atoms with Gasteiger partial charge in [0.1, 0.15) is 5.84 Å². The van der Waals surface area contributed by atoms with Crippen molar-refractivity contribution in [3.63, 3.8) is 0 Å². The van der Waals surface area contributed by atoms with Crippen LogP contribution < -0.4 is 5.73 Å². The first-order chi connectivity index (χ1) is 9.24. The fraction of sp³-hybridized carbons (Fsp3) is 0.500. The van der Waals surface area contributed by atoms with Crippen molar-refractivity contribution in [2.24, 2.45) is 5.73 Å². The Balaban J connectivity index is 2.12. The van der Waals surface area contributed by atoms with Crippen molar-refractivity contribution >= 4 is 5.84 Å². The first kappa shape index (κ1) is 15.6. The van der Waals surface area contributed by atoms with E-state index >= 15 is 0 Å². The van der Waals surface area contributed by atoms with Gasteiger partial charge in [0.15, 0.2) is 0 Å². The van der Waals surface area contributed by atoms with Crippen molar-refractivity contribution in [1.29, 1.82) is 5.41 Å². The maximum atomic E-state index is 7.37. The van der Waals surface area contributed by atoms with E-state index in [2.05, 4.69) is 0 Å². The van der Waals surface area contributed by atoms with E-state index in [1.54, 1.807) is 7.11 Å². The third kappa shape index (κ3) is 6.91. The van der Waals surface area contributed by atoms with Gasteiger partial charge in [-0.3, -0.25) is 5.41 Å². The number of amidine groups is 1. The van der Waals surface area contributed by atoms with E-state index in [1.165, 1.54) is 0 Å². The lowest BCUT2D eigenvalue weighted by molar-refractivity contribution is 0.0483. The molecule has 0 aliphatic heterocycles. The molecule has 0 aliphatic rings. The van der Waals surface area contributed by atoms with Crippen LogP contribution in [0.4, 0.5) is 0 Å². The van der Waals surface area contributed by atoms with E-state index in [0.717, 1.165) is 17.5 Å². The van der Waals surface area contributed by atoms with Gasteiger partial charge in [0.25, 0.3) is 0 Å². The van der Waals surface area contributed by atoms with Crippen LogP contribution in [0.2, 0.25) is 0 Å². The summed E-state index contributed by atoms with van der Waals surface area (Å²) in [5.74, 6) is 0.0772. The van der Waals surface area contributed by atoms with Crippen molar-refractivity contribution in [1.82, 2.24) is 0 Å². The van der Waals surface area contributed by atoms with Crippen LogP contribution in [0.25, 0.3) is 0 Å². The number of hydrogen-bond acceptors (Lipinski definition) is 4. The van der Waals surface area contributed by atoms with Crippen molar-refractivity contribution in [2.45, 2.75) is 13.0 Å². The average molecular weight is 266 g/mol. The Bertz CT molecular complexity index is 383. The summed E-state index contributed by atoms with van der Waals surface area (Å²) in [6, 6.07) is 7.53. The van der Waals surface area contributed by atoms with Gasteiger partial charge in [0.05, 0.1) is 19.8 Å². The zero-order valence-corrected chi connectivity index (χ0v) is 11.4. The van der Waals surface area contributed by atoms with Gasteiger partial charge in [-0.15, -0.1) is 0 Å². The minimum atomic E-state index is 0.0772. The highest BCUT2D eigenvalue weighted by atomic mass is 16.5. The van der Waals surface area contributed by atoms with E-state index in [1.807, 2.05) is 24.3 Å². The van der Waals surface area contributed by atoms with Crippen LogP contribution in [-0.2, 0) is 20.8 Å². The third-order valence-electron chi connectivity index (χ3n) is 2.52. The second kappa shape index (κ2) is 9.49. The second-order valence-corrected chi connectivity index (χ2v) is 4.13. The molecular formula is C14H22N2O3. The highest BCUT2D eigenvalue weighted by molar-refractivity contribution is 5.95. The smallest absolute Gasteiger partial charge is 0.122 e. The van der Waals surface area contributed by atoms with Crippen LogP contribution in [0.5, 0.6) is 0 Å². The molecule has 0 spiro atoms. The van der Waals surface area contributed by atoms with Crippen LogP contribution in [0, 0.1) is 5.41 Å². The maximum absolute atomic E-state index is 7.37. The topological polar surface area (TPSA) is 77.6 Å². The summed E-state index contributed by atoms with van der Waals surface area (Å²) in [6.07, 6.45) is 0.857. The maximum Gasteiger partial charge on any atom is 0.122 e. The van der Waals surface area contributed by atoms with Crippen LogP contribution >= 0.6 is 0 Å². The molecule has 1 rings (SSSR count). The van der Waals surface area contributed by atoms with Gasteiger partial charge in [0, 0.05) is 25.9 Å². The number of methoxy groups -OCH3 is 1. The lowest BCUT2D eigenvalue weighted by atomic mass is 10.1. The largest absolute Gasteiger partial charge is 0.384 e. The highest BCUT2D eigenvalue weighted by Crippen LogP contribution is 2.06. The minimum Gasteiger partial charge on any atom is -0.384 e. The summed E-state index contributed by atoms with van der Waals surface area (Å²) in [5.41, 5.74) is 7.18. The van der Waals surface area contributed by atoms with Gasteiger partial charge in [-0.2, -0.15) is 0 Å². The molecule has 0 radical (unpaired) electrons. The molecule has 0 bridgehead atoms. The molecule has 0 amide bonds. The summed E-state index contributed by atoms with van der Waals surface area (Å²) >= 11 is 0. The first-order valence-corrected chi connectivity index (χ1v) is 6.32. The van der Waals surface area contributed by atoms with E-state index in [9.17, 15) is 0 Å². The molecule has 0 unspecified atom stereocenters. The number of nitrogens with two attached hydrogens (primary N) is 1. The Kier molecular flexibility index (Phi) is 7.81. The molecule has 5 nitrogen and oxygen atoms in total. The molecule has 3 N–H and O–H groups in total. The number of rotatable bonds is 10. The molecule has 0 fully saturated rings. The normalized spacial score (nSPS) is 10.6. The number of ether oxygens (including phenoxy) is 3. The monoisotopic (exact) mass is 266 g/mol. The Morgan fingerprint density at radius 1 is 1.16 bits per heavy atom. The molecular weight excluding hydrogens is 244 g/mol. The summed E-state index contributed by atoms with van der Waals surface area (Å²) < 4.78 is 15.7. The SMILES string of the molecule is COCCOCCCOCc1cccc(C(=N)N)c1. The minimum absolute atomic E-state index is 0.0772. The van der Waals surface area contributed by atoms with E-state index < -0.39 is 0 Å². The van der Waals surface area contributed by atoms with Gasteiger partial charge in [-0.05, 0) is 18.1 Å². The molecule has 19 heavy (non-hydrogen) atoms. The first-order valence-electron chi connectivity index (χ1n) is 6.32. The van der Waals surface area contributed by atoms with Crippen molar-refractivity contribution in [3.8, 4) is 0 Å². The standard InChI is InChI=1S/C14H22N2O3/c1-17-8-9-18-6-3-7-19-11-12-4-2-5-13(10-12)14(15)16/h2,4-5,10H,3,6-9,11H2,1H3,(H3,15,16). The van der Waals surface area contributed by atoms with Crippen molar-refractivity contribution in [2.75, 3.05) is 33.5 Å². The van der Waals surface area contributed by atoms with Crippen LogP contribution in [0.15, 0.2) is 24.3 Å². The molecule has 0 saturated heterocycles. The summed E-state index contributed by atoms with van der Waals surface area (Å²) in [6.45, 7) is 3.10. The van der Waals surface area contributed by atoms with E-state index in [-0.39, 0.29) is 5.84 Å². The van der Waals surface area contributed by atoms with Crippen LogP contribution in [0.1, 0.15) is 17.5 Å². The number of nitrogen functional groups attached to an aromatic ring is 1. The van der Waals surface area contributed by atoms with Crippen LogP contribution in [-0.4, -0.2) is 39.4 Å². The Labute approximate surface area is 114 Å². The zero-order chi connectivity index (χ0) is 13.9. The summed E-state index contributed by atoms with van der Waals surface area (Å²) in [7, 11) is 1.65. The van der Waals surface area contributed by atoms with Gasteiger partial charge in [-0.25, -0.2) is 0 Å². The summed E-state index contributed by atoms with van der Waals surface area (Å²) in [5, 5.41) is 7.37. The third-order valence-corrected chi connectivity index (χ3v) is 2.52. The molecule has 1 aromatic rings. The fourth-order valence-electron chi connectivity index (χ4n) is 1.53. The molecule has 0 heterocycles. The van der Waals surface area contributed by atoms with Gasteiger partial charge < -0.3 is 19.9 Å². The van der Waals surface area contributed by atoms with E-state index in [0.29, 0.717) is 33.0 Å². The molecule has 0 aliphatic carbocycles. The Hall–Kier alpha value is -1.43. The lowest BCUT2D eigenvalue weighted by Gasteiger charge is -2.06. The second-order valence-electron chi connectivity index (χ2n) is 4.13. The fourth-order valence-corrected chi connectivity index (χ4v) is 1.53. The quantitative estimate of drug-likeness (QED) is 0.382. The molecule has 5 heteroatoms. The lowest BCUT2D eigenvalue weighted by Crippen LogP contribution is -2.11. The molecule has 0 aromatic heterocycles. The van der Waals surface area contributed by atoms with Crippen LogP contribution in [0.3, 0.4) is 0 Å². The predicted octanol–water partition coefficient (Wildman–Crippen LogP) is 1.54. The van der Waals surface area contributed by atoms with Gasteiger partial charge >= 0.3 is 0 Å². The highest BCUT2D eigenvalue weighted by Gasteiger charge is 1.99. The molecule has 0 saturated carbocycles. The van der Waals surface area contributed by atoms with Crippen molar-refractivity contribution in [3.05, 3.63) is 35.4 Å². The number of hydrogen-bond donors (Lipinski definition) is 2. The van der Waals surface area contributed by atoms with Gasteiger partial charge in [-0.1, -0.05) is 18.2 Å². The molecule has 106 valence electrons. The van der Waals surface area contributed by atoms with Crippen molar-refractivity contribution < 1.29 is 14.2 Å². The van der Waals surface area contributed by atoms with Gasteiger partial charge in [0.2, 0.25) is 0 Å². The Morgan fingerprint density at radius 3 is 2.68 bits per heavy atom. The number of benzene rings is 1. The Morgan fingerprint density at radius 2 is 1.95 bits per heavy atom. The number of nitrogens with one attached hydrogen (secondary N) is 1. The predicted molar refractivity (Wildman–Crippen MR) is 74.4 cm³/mol. The van der Waals surface area contributed by atoms with E-state index in [4.69, 9.17) is 25.4 Å².